The molecular weight excluding hydrogens is 364 g/mol. The van der Waals surface area contributed by atoms with Crippen LogP contribution in [-0.4, -0.2) is 42.1 Å². The molecule has 2 aliphatic rings. The van der Waals surface area contributed by atoms with Crippen LogP contribution >= 0.6 is 0 Å². The molecule has 5 heteroatoms. The van der Waals surface area contributed by atoms with Crippen LogP contribution in [0.15, 0.2) is 47.1 Å². The molecule has 1 aliphatic heterocycles. The number of carbonyl (C=O) groups is 1. The largest absolute Gasteiger partial charge is 0.465 e. The summed E-state index contributed by atoms with van der Waals surface area (Å²) in [7, 11) is 0. The van der Waals surface area contributed by atoms with Gasteiger partial charge in [-0.3, -0.25) is 4.79 Å². The Morgan fingerprint density at radius 3 is 2.76 bits per heavy atom. The molecule has 1 unspecified atom stereocenters. The number of ether oxygens (including phenoxy) is 1. The molecule has 29 heavy (non-hydrogen) atoms. The molecule has 2 aromatic heterocycles. The number of para-hydroxylation sites is 1. The van der Waals surface area contributed by atoms with Gasteiger partial charge < -0.3 is 14.1 Å². The molecule has 0 bridgehead atoms. The normalized spacial score (nSPS) is 20.8. The highest BCUT2D eigenvalue weighted by molar-refractivity contribution is 6.09. The van der Waals surface area contributed by atoms with E-state index in [1.54, 1.807) is 6.26 Å². The summed E-state index contributed by atoms with van der Waals surface area (Å²) in [6.07, 6.45) is 5.53. The van der Waals surface area contributed by atoms with Crippen molar-refractivity contribution >= 4 is 28.5 Å². The topological polar surface area (TPSA) is 55.6 Å². The monoisotopic (exact) mass is 388 g/mol. The fourth-order valence-corrected chi connectivity index (χ4v) is 4.45. The van der Waals surface area contributed by atoms with Crippen LogP contribution in [0.25, 0.3) is 22.6 Å². The average Bonchev–Trinajstić information content (AvgIpc) is 3.25. The molecule has 1 atom stereocenters. The lowest BCUT2D eigenvalue weighted by Crippen LogP contribution is -2.41. The molecule has 1 fully saturated rings. The van der Waals surface area contributed by atoms with Crippen LogP contribution in [0.4, 0.5) is 0 Å². The molecule has 1 saturated heterocycles. The van der Waals surface area contributed by atoms with Crippen molar-refractivity contribution in [2.24, 2.45) is 5.92 Å². The van der Waals surface area contributed by atoms with Crippen molar-refractivity contribution in [2.45, 2.75) is 19.8 Å². The summed E-state index contributed by atoms with van der Waals surface area (Å²) in [5.41, 5.74) is 4.81. The molecule has 0 radical (unpaired) electrons. The first-order valence-corrected chi connectivity index (χ1v) is 10.2. The average molecular weight is 388 g/mol. The smallest absolute Gasteiger partial charge is 0.255 e. The van der Waals surface area contributed by atoms with Gasteiger partial charge in [0.25, 0.3) is 5.91 Å². The lowest BCUT2D eigenvalue weighted by atomic mass is 9.80. The number of hydrogen-bond acceptors (Lipinski definition) is 4. The molecule has 148 valence electrons. The zero-order chi connectivity index (χ0) is 19.8. The van der Waals surface area contributed by atoms with E-state index in [9.17, 15) is 4.79 Å². The number of benzene rings is 1. The summed E-state index contributed by atoms with van der Waals surface area (Å²) >= 11 is 0. The minimum atomic E-state index is 0.0922. The minimum Gasteiger partial charge on any atom is -0.465 e. The van der Waals surface area contributed by atoms with Crippen molar-refractivity contribution in [2.75, 3.05) is 26.3 Å². The Kier molecular flexibility index (Phi) is 4.68. The van der Waals surface area contributed by atoms with Crippen LogP contribution in [0.3, 0.4) is 0 Å². The van der Waals surface area contributed by atoms with Crippen LogP contribution < -0.4 is 0 Å². The molecule has 0 spiro atoms. The Bertz CT molecular complexity index is 1080. The van der Waals surface area contributed by atoms with Gasteiger partial charge in [0.15, 0.2) is 0 Å². The maximum absolute atomic E-state index is 13.6. The number of furan rings is 1. The Morgan fingerprint density at radius 1 is 1.14 bits per heavy atom. The Hall–Kier alpha value is -2.92. The summed E-state index contributed by atoms with van der Waals surface area (Å²) < 4.78 is 11.0. The van der Waals surface area contributed by atoms with Gasteiger partial charge in [0.1, 0.15) is 5.76 Å². The summed E-state index contributed by atoms with van der Waals surface area (Å²) in [5.74, 6) is 1.34. The lowest BCUT2D eigenvalue weighted by molar-refractivity contribution is 0.0303. The Labute approximate surface area is 170 Å². The molecule has 1 amide bonds. The van der Waals surface area contributed by atoms with E-state index in [0.717, 1.165) is 51.9 Å². The molecule has 5 rings (SSSR count). The predicted octanol–water partition coefficient (Wildman–Crippen LogP) is 4.42. The fourth-order valence-electron chi connectivity index (χ4n) is 4.45. The molecule has 1 aliphatic carbocycles. The molecule has 0 saturated carbocycles. The van der Waals surface area contributed by atoms with Gasteiger partial charge in [0.2, 0.25) is 0 Å². The maximum Gasteiger partial charge on any atom is 0.255 e. The lowest BCUT2D eigenvalue weighted by Gasteiger charge is -2.31. The summed E-state index contributed by atoms with van der Waals surface area (Å²) in [5, 5.41) is 0.939. The highest BCUT2D eigenvalue weighted by Crippen LogP contribution is 2.39. The summed E-state index contributed by atoms with van der Waals surface area (Å²) in [6, 6.07) is 11.8. The highest BCUT2D eigenvalue weighted by Gasteiger charge is 2.30. The standard InChI is InChI=1S/C24H24N2O3/c1-16-13-17(15-18-5-4-10-29-18)23-20(14-16)22(19-6-2-3-7-21(19)25-23)24(27)26-8-11-28-12-9-26/h2-7,10,15-16H,8-9,11-14H2,1H3/b17-15+. The van der Waals surface area contributed by atoms with Crippen LogP contribution in [0.1, 0.15) is 40.7 Å². The summed E-state index contributed by atoms with van der Waals surface area (Å²) in [6.45, 7) is 4.69. The van der Waals surface area contributed by atoms with Crippen molar-refractivity contribution in [3.05, 3.63) is 65.2 Å². The van der Waals surface area contributed by atoms with E-state index in [1.165, 1.54) is 0 Å². The number of pyridine rings is 1. The number of fused-ring (bicyclic) bond motifs is 2. The van der Waals surface area contributed by atoms with Crippen LogP contribution in [-0.2, 0) is 11.2 Å². The third kappa shape index (κ3) is 3.36. The number of rotatable bonds is 2. The van der Waals surface area contributed by atoms with E-state index in [0.29, 0.717) is 32.2 Å². The van der Waals surface area contributed by atoms with Crippen molar-refractivity contribution in [3.63, 3.8) is 0 Å². The molecular formula is C24H24N2O3. The first kappa shape index (κ1) is 18.1. The third-order valence-corrected chi connectivity index (χ3v) is 5.79. The zero-order valence-electron chi connectivity index (χ0n) is 16.6. The highest BCUT2D eigenvalue weighted by atomic mass is 16.5. The van der Waals surface area contributed by atoms with Gasteiger partial charge in [-0.2, -0.15) is 0 Å². The molecule has 3 aromatic rings. The van der Waals surface area contributed by atoms with Gasteiger partial charge in [0, 0.05) is 18.5 Å². The number of morpholine rings is 1. The number of amides is 1. The van der Waals surface area contributed by atoms with Crippen molar-refractivity contribution in [3.8, 4) is 0 Å². The van der Waals surface area contributed by atoms with E-state index in [1.807, 2.05) is 41.3 Å². The molecule has 1 aromatic carbocycles. The number of aromatic nitrogens is 1. The van der Waals surface area contributed by atoms with Crippen LogP contribution in [0.5, 0.6) is 0 Å². The summed E-state index contributed by atoms with van der Waals surface area (Å²) in [4.78, 5) is 20.5. The van der Waals surface area contributed by atoms with Crippen molar-refractivity contribution in [1.82, 2.24) is 9.88 Å². The van der Waals surface area contributed by atoms with Gasteiger partial charge in [-0.05, 0) is 54.2 Å². The van der Waals surface area contributed by atoms with Crippen molar-refractivity contribution < 1.29 is 13.9 Å². The second-order valence-electron chi connectivity index (χ2n) is 7.93. The molecule has 3 heterocycles. The quantitative estimate of drug-likeness (QED) is 0.652. The SMILES string of the molecule is CC1C/C(=C\c2ccco2)c2nc3ccccc3c(C(=O)N3CCOCC3)c2C1. The second-order valence-corrected chi connectivity index (χ2v) is 7.93. The Morgan fingerprint density at radius 2 is 1.97 bits per heavy atom. The van der Waals surface area contributed by atoms with E-state index in [2.05, 4.69) is 13.0 Å². The third-order valence-electron chi connectivity index (χ3n) is 5.79. The van der Waals surface area contributed by atoms with Gasteiger partial charge in [-0.1, -0.05) is 25.1 Å². The minimum absolute atomic E-state index is 0.0922. The number of hydrogen-bond donors (Lipinski definition) is 0. The molecule has 0 N–H and O–H groups in total. The first-order valence-electron chi connectivity index (χ1n) is 10.2. The first-order chi connectivity index (χ1) is 14.2. The van der Waals surface area contributed by atoms with Crippen LogP contribution in [0, 0.1) is 5.92 Å². The van der Waals surface area contributed by atoms with E-state index in [-0.39, 0.29) is 5.91 Å². The zero-order valence-corrected chi connectivity index (χ0v) is 16.6. The van der Waals surface area contributed by atoms with E-state index >= 15 is 0 Å². The number of carbonyl (C=O) groups excluding carboxylic acids is 1. The molecule has 5 nitrogen and oxygen atoms in total. The van der Waals surface area contributed by atoms with Gasteiger partial charge in [-0.25, -0.2) is 4.98 Å². The van der Waals surface area contributed by atoms with Crippen molar-refractivity contribution in [1.29, 1.82) is 0 Å². The van der Waals surface area contributed by atoms with E-state index < -0.39 is 0 Å². The predicted molar refractivity (Wildman–Crippen MR) is 113 cm³/mol. The Balaban J connectivity index is 1.72. The second kappa shape index (κ2) is 7.48. The number of allylic oxidation sites excluding steroid dienone is 1. The van der Waals surface area contributed by atoms with E-state index in [4.69, 9.17) is 14.1 Å². The van der Waals surface area contributed by atoms with Gasteiger partial charge >= 0.3 is 0 Å². The number of nitrogens with zero attached hydrogens (tertiary/aromatic N) is 2. The maximum atomic E-state index is 13.6. The van der Waals surface area contributed by atoms with Gasteiger partial charge in [0.05, 0.1) is 36.3 Å². The van der Waals surface area contributed by atoms with Gasteiger partial charge in [-0.15, -0.1) is 0 Å². The van der Waals surface area contributed by atoms with Crippen LogP contribution in [0.2, 0.25) is 0 Å². The fraction of sp³-hybridized carbons (Fsp3) is 0.333.